The number of nitrogens with one attached hydrogen (secondary N) is 1. The Morgan fingerprint density at radius 2 is 1.88 bits per heavy atom. The third-order valence-corrected chi connectivity index (χ3v) is 7.69. The minimum Gasteiger partial charge on any atom is -0.350 e. The molecule has 3 aromatic rings. The van der Waals surface area contributed by atoms with E-state index in [1.807, 2.05) is 32.0 Å². The number of amides is 1. The van der Waals surface area contributed by atoms with Crippen molar-refractivity contribution in [3.8, 4) is 11.3 Å². The van der Waals surface area contributed by atoms with Gasteiger partial charge in [-0.25, -0.2) is 12.8 Å². The fraction of sp³-hybridized carbons (Fsp3) is 0.333. The Kier molecular flexibility index (Phi) is 6.15. The first-order chi connectivity index (χ1) is 15.2. The highest BCUT2D eigenvalue weighted by atomic mass is 32.2. The van der Waals surface area contributed by atoms with Crippen molar-refractivity contribution in [2.24, 2.45) is 0 Å². The van der Waals surface area contributed by atoms with Crippen molar-refractivity contribution in [2.45, 2.75) is 32.7 Å². The molecule has 0 aliphatic carbocycles. The molecule has 0 bridgehead atoms. The van der Waals surface area contributed by atoms with E-state index in [4.69, 9.17) is 0 Å². The molecule has 1 aromatic heterocycles. The van der Waals surface area contributed by atoms with E-state index in [-0.39, 0.29) is 35.0 Å². The van der Waals surface area contributed by atoms with Gasteiger partial charge < -0.3 is 5.32 Å². The van der Waals surface area contributed by atoms with Gasteiger partial charge in [0.25, 0.3) is 5.91 Å². The highest BCUT2D eigenvalue weighted by Gasteiger charge is 2.32. The number of carbonyl (C=O) groups excluding carboxylic acids is 1. The second-order valence-corrected chi connectivity index (χ2v) is 10.6. The van der Waals surface area contributed by atoms with Gasteiger partial charge in [0.15, 0.2) is 15.5 Å². The van der Waals surface area contributed by atoms with E-state index in [9.17, 15) is 17.6 Å². The Hall–Kier alpha value is -3.00. The molecule has 1 unspecified atom stereocenters. The molecule has 168 valence electrons. The van der Waals surface area contributed by atoms with Crippen LogP contribution in [0.1, 0.15) is 39.6 Å². The van der Waals surface area contributed by atoms with Crippen molar-refractivity contribution in [2.75, 3.05) is 18.1 Å². The lowest BCUT2D eigenvalue weighted by Crippen LogP contribution is -2.26. The molecular formula is C24H26FN3O3S. The van der Waals surface area contributed by atoms with E-state index in [0.29, 0.717) is 19.4 Å². The molecule has 4 rings (SSSR count). The quantitative estimate of drug-likeness (QED) is 0.615. The number of rotatable bonds is 6. The van der Waals surface area contributed by atoms with Gasteiger partial charge in [0.1, 0.15) is 5.82 Å². The SMILES string of the molecule is Cc1ccc(-c2cc(C(=O)NCCc3ccc(F)cc3)nn2C2CCS(=O)(=O)C2)cc1C. The number of aromatic nitrogens is 2. The minimum atomic E-state index is -3.10. The van der Waals surface area contributed by atoms with Gasteiger partial charge in [-0.1, -0.05) is 24.3 Å². The zero-order valence-corrected chi connectivity index (χ0v) is 19.0. The first-order valence-corrected chi connectivity index (χ1v) is 12.4. The van der Waals surface area contributed by atoms with Crippen LogP contribution in [-0.2, 0) is 16.3 Å². The summed E-state index contributed by atoms with van der Waals surface area (Å²) < 4.78 is 38.9. The summed E-state index contributed by atoms with van der Waals surface area (Å²) in [6.07, 6.45) is 1.05. The Bertz CT molecular complexity index is 1250. The normalized spacial score (nSPS) is 17.4. The maximum Gasteiger partial charge on any atom is 0.271 e. The number of aryl methyl sites for hydroxylation is 2. The highest BCUT2D eigenvalue weighted by Crippen LogP contribution is 2.31. The minimum absolute atomic E-state index is 0.0259. The van der Waals surface area contributed by atoms with Gasteiger partial charge >= 0.3 is 0 Å². The van der Waals surface area contributed by atoms with E-state index in [0.717, 1.165) is 27.9 Å². The van der Waals surface area contributed by atoms with Gasteiger partial charge in [-0.15, -0.1) is 0 Å². The van der Waals surface area contributed by atoms with E-state index in [1.165, 1.54) is 12.1 Å². The van der Waals surface area contributed by atoms with Crippen LogP contribution < -0.4 is 5.32 Å². The van der Waals surface area contributed by atoms with Crippen LogP contribution in [-0.4, -0.2) is 42.2 Å². The molecule has 1 saturated heterocycles. The molecule has 0 radical (unpaired) electrons. The lowest BCUT2D eigenvalue weighted by Gasteiger charge is -2.14. The first kappa shape index (κ1) is 22.2. The lowest BCUT2D eigenvalue weighted by atomic mass is 10.0. The summed E-state index contributed by atoms with van der Waals surface area (Å²) in [6, 6.07) is 13.6. The zero-order valence-electron chi connectivity index (χ0n) is 18.1. The Morgan fingerprint density at radius 1 is 1.12 bits per heavy atom. The molecule has 0 saturated carbocycles. The predicted octanol–water partition coefficient (Wildman–Crippen LogP) is 3.64. The number of hydrogen-bond donors (Lipinski definition) is 1. The van der Waals surface area contributed by atoms with Crippen LogP contribution in [0, 0.1) is 19.7 Å². The molecule has 2 heterocycles. The van der Waals surface area contributed by atoms with Gasteiger partial charge in [0.05, 0.1) is 23.2 Å². The third-order valence-electron chi connectivity index (χ3n) is 5.94. The topological polar surface area (TPSA) is 81.1 Å². The molecular weight excluding hydrogens is 429 g/mol. The maximum absolute atomic E-state index is 13.0. The number of carbonyl (C=O) groups is 1. The summed E-state index contributed by atoms with van der Waals surface area (Å²) in [7, 11) is -3.10. The number of hydrogen-bond acceptors (Lipinski definition) is 4. The highest BCUT2D eigenvalue weighted by molar-refractivity contribution is 7.91. The molecule has 1 N–H and O–H groups in total. The summed E-state index contributed by atoms with van der Waals surface area (Å²) in [5, 5.41) is 7.37. The Morgan fingerprint density at radius 3 is 2.53 bits per heavy atom. The van der Waals surface area contributed by atoms with Crippen LogP contribution in [0.15, 0.2) is 48.5 Å². The maximum atomic E-state index is 13.0. The fourth-order valence-electron chi connectivity index (χ4n) is 3.93. The predicted molar refractivity (Wildman–Crippen MR) is 122 cm³/mol. The van der Waals surface area contributed by atoms with Crippen molar-refractivity contribution in [1.82, 2.24) is 15.1 Å². The van der Waals surface area contributed by atoms with Crippen LogP contribution in [0.4, 0.5) is 4.39 Å². The Balaban J connectivity index is 1.57. The van der Waals surface area contributed by atoms with Crippen molar-refractivity contribution in [3.05, 3.63) is 76.7 Å². The summed E-state index contributed by atoms with van der Waals surface area (Å²) in [5.41, 5.74) is 5.07. The van der Waals surface area contributed by atoms with Gasteiger partial charge in [0, 0.05) is 12.1 Å². The number of benzene rings is 2. The van der Waals surface area contributed by atoms with E-state index < -0.39 is 9.84 Å². The average molecular weight is 456 g/mol. The molecule has 1 atom stereocenters. The third kappa shape index (κ3) is 4.91. The summed E-state index contributed by atoms with van der Waals surface area (Å²) >= 11 is 0. The zero-order chi connectivity index (χ0) is 22.9. The number of halogens is 1. The molecule has 1 aliphatic heterocycles. The molecule has 0 spiro atoms. The smallest absolute Gasteiger partial charge is 0.271 e. The van der Waals surface area contributed by atoms with Crippen molar-refractivity contribution < 1.29 is 17.6 Å². The number of sulfone groups is 1. The molecule has 8 heteroatoms. The van der Waals surface area contributed by atoms with E-state index in [2.05, 4.69) is 10.4 Å². The average Bonchev–Trinajstić information content (AvgIpc) is 3.35. The van der Waals surface area contributed by atoms with Gasteiger partial charge in [-0.3, -0.25) is 9.48 Å². The van der Waals surface area contributed by atoms with Crippen molar-refractivity contribution in [1.29, 1.82) is 0 Å². The summed E-state index contributed by atoms with van der Waals surface area (Å²) in [5.74, 6) is -0.464. The lowest BCUT2D eigenvalue weighted by molar-refractivity contribution is 0.0948. The largest absolute Gasteiger partial charge is 0.350 e. The first-order valence-electron chi connectivity index (χ1n) is 10.6. The standard InChI is InChI=1S/C24H26FN3O3S/c1-16-3-6-19(13-17(16)2)23-14-22(27-28(23)21-10-12-32(30,31)15-21)24(29)26-11-9-18-4-7-20(25)8-5-18/h3-8,13-14,21H,9-12,15H2,1-2H3,(H,26,29). The summed E-state index contributed by atoms with van der Waals surface area (Å²) in [6.45, 7) is 4.43. The molecule has 1 aliphatic rings. The Labute approximate surface area is 187 Å². The number of nitrogens with zero attached hydrogens (tertiary/aromatic N) is 2. The van der Waals surface area contributed by atoms with Crippen molar-refractivity contribution in [3.63, 3.8) is 0 Å². The monoisotopic (exact) mass is 455 g/mol. The summed E-state index contributed by atoms with van der Waals surface area (Å²) in [4.78, 5) is 12.8. The fourth-order valence-corrected chi connectivity index (χ4v) is 5.62. The molecule has 32 heavy (non-hydrogen) atoms. The molecule has 1 fully saturated rings. The van der Waals surface area contributed by atoms with Crippen LogP contribution in [0.5, 0.6) is 0 Å². The second-order valence-electron chi connectivity index (χ2n) is 8.35. The van der Waals surface area contributed by atoms with Gasteiger partial charge in [-0.05, 0) is 67.6 Å². The van der Waals surface area contributed by atoms with Crippen LogP contribution in [0.2, 0.25) is 0 Å². The van der Waals surface area contributed by atoms with Crippen molar-refractivity contribution >= 4 is 15.7 Å². The van der Waals surface area contributed by atoms with Crippen LogP contribution in [0.25, 0.3) is 11.3 Å². The van der Waals surface area contributed by atoms with Crippen LogP contribution >= 0.6 is 0 Å². The molecule has 1 amide bonds. The molecule has 6 nitrogen and oxygen atoms in total. The van der Waals surface area contributed by atoms with E-state index >= 15 is 0 Å². The van der Waals surface area contributed by atoms with E-state index in [1.54, 1.807) is 22.9 Å². The van der Waals surface area contributed by atoms with Gasteiger partial charge in [0.2, 0.25) is 0 Å². The van der Waals surface area contributed by atoms with Gasteiger partial charge in [-0.2, -0.15) is 5.10 Å². The second kappa shape index (κ2) is 8.86. The van der Waals surface area contributed by atoms with Crippen LogP contribution in [0.3, 0.4) is 0 Å². The molecule has 2 aromatic carbocycles.